The Balaban J connectivity index is 2.05. The number of hydrogen-bond acceptors (Lipinski definition) is 4. The van der Waals surface area contributed by atoms with E-state index in [9.17, 15) is 13.2 Å². The largest absolute Gasteiger partial charge is 0.462 e. The molecule has 21 heavy (non-hydrogen) atoms. The van der Waals surface area contributed by atoms with Gasteiger partial charge in [-0.15, -0.1) is 0 Å². The van der Waals surface area contributed by atoms with Gasteiger partial charge in [-0.2, -0.15) is 0 Å². The second-order valence-electron chi connectivity index (χ2n) is 5.19. The van der Waals surface area contributed by atoms with E-state index in [0.717, 1.165) is 12.8 Å². The predicted octanol–water partition coefficient (Wildman–Crippen LogP) is 4.11. The molecule has 0 radical (unpaired) electrons. The van der Waals surface area contributed by atoms with Crippen LogP contribution in [0.4, 0.5) is 0 Å². The minimum Gasteiger partial charge on any atom is -0.462 e. The van der Waals surface area contributed by atoms with E-state index in [2.05, 4.69) is 15.9 Å². The maximum atomic E-state index is 12.0. The molecule has 0 atom stereocenters. The molecule has 0 N–H and O–H groups in total. The van der Waals surface area contributed by atoms with Gasteiger partial charge in [0, 0.05) is 15.2 Å². The smallest absolute Gasteiger partial charge is 0.338 e. The molecule has 1 aromatic rings. The minimum absolute atomic E-state index is 0.128. The summed E-state index contributed by atoms with van der Waals surface area (Å²) >= 11 is 3.10. The van der Waals surface area contributed by atoms with E-state index in [4.69, 9.17) is 15.4 Å². The van der Waals surface area contributed by atoms with E-state index < -0.39 is 15.0 Å². The Kier molecular flexibility index (Phi) is 5.68. The highest BCUT2D eigenvalue weighted by atomic mass is 79.9. The molecule has 0 heterocycles. The molecule has 116 valence electrons. The maximum absolute atomic E-state index is 12.0. The molecule has 1 aliphatic rings. The summed E-state index contributed by atoms with van der Waals surface area (Å²) in [7, 11) is 1.42. The first-order chi connectivity index (χ1) is 9.88. The molecule has 1 aromatic carbocycles. The average molecular weight is 396 g/mol. The maximum Gasteiger partial charge on any atom is 0.338 e. The van der Waals surface area contributed by atoms with E-state index in [0.29, 0.717) is 17.0 Å². The number of esters is 1. The van der Waals surface area contributed by atoms with Gasteiger partial charge in [-0.3, -0.25) is 0 Å². The van der Waals surface area contributed by atoms with Crippen LogP contribution in [0.15, 0.2) is 27.6 Å². The topological polar surface area (TPSA) is 60.4 Å². The van der Waals surface area contributed by atoms with Gasteiger partial charge in [-0.1, -0.05) is 19.3 Å². The van der Waals surface area contributed by atoms with Crippen LogP contribution in [0, 0.1) is 5.92 Å². The molecule has 1 fully saturated rings. The Bertz CT molecular complexity index is 624. The van der Waals surface area contributed by atoms with Gasteiger partial charge in [0.05, 0.1) is 17.1 Å². The molecule has 0 amide bonds. The van der Waals surface area contributed by atoms with Gasteiger partial charge >= 0.3 is 5.97 Å². The Morgan fingerprint density at radius 3 is 2.57 bits per heavy atom. The van der Waals surface area contributed by atoms with Crippen LogP contribution in [-0.4, -0.2) is 21.0 Å². The van der Waals surface area contributed by atoms with Crippen molar-refractivity contribution in [2.24, 2.45) is 5.92 Å². The SMILES string of the molecule is O=C(OCC1CCCCC1)c1ccc(Br)c(S(=O)(=O)Cl)c1. The number of ether oxygens (including phenoxy) is 1. The third kappa shape index (κ3) is 4.69. The zero-order chi connectivity index (χ0) is 15.5. The number of carbonyl (C=O) groups is 1. The first-order valence-electron chi connectivity index (χ1n) is 6.79. The van der Waals surface area contributed by atoms with Crippen molar-refractivity contribution in [3.63, 3.8) is 0 Å². The zero-order valence-electron chi connectivity index (χ0n) is 11.3. The zero-order valence-corrected chi connectivity index (χ0v) is 14.5. The van der Waals surface area contributed by atoms with Crippen LogP contribution < -0.4 is 0 Å². The summed E-state index contributed by atoms with van der Waals surface area (Å²) in [4.78, 5) is 11.9. The lowest BCUT2D eigenvalue weighted by Gasteiger charge is -2.21. The summed E-state index contributed by atoms with van der Waals surface area (Å²) in [6.07, 6.45) is 5.75. The number of halogens is 2. The van der Waals surface area contributed by atoms with Gasteiger partial charge in [-0.05, 0) is 52.9 Å². The Morgan fingerprint density at radius 2 is 1.95 bits per heavy atom. The molecule has 0 unspecified atom stereocenters. The van der Waals surface area contributed by atoms with E-state index in [1.165, 1.54) is 37.5 Å². The highest BCUT2D eigenvalue weighted by Gasteiger charge is 2.20. The first kappa shape index (κ1) is 16.8. The van der Waals surface area contributed by atoms with Gasteiger partial charge < -0.3 is 4.74 Å². The fourth-order valence-corrected chi connectivity index (χ4v) is 4.57. The molecule has 7 heteroatoms. The minimum atomic E-state index is -3.91. The summed E-state index contributed by atoms with van der Waals surface area (Å²) in [5.41, 5.74) is 0.188. The van der Waals surface area contributed by atoms with Crippen LogP contribution in [0.2, 0.25) is 0 Å². The quantitative estimate of drug-likeness (QED) is 0.568. The molecule has 1 saturated carbocycles. The molecule has 2 rings (SSSR count). The van der Waals surface area contributed by atoms with E-state index >= 15 is 0 Å². The number of hydrogen-bond donors (Lipinski definition) is 0. The summed E-state index contributed by atoms with van der Waals surface area (Å²) in [6, 6.07) is 4.22. The molecular formula is C14H16BrClO4S. The van der Waals surface area contributed by atoms with Crippen molar-refractivity contribution in [1.29, 1.82) is 0 Å². The Labute approximate surface area is 137 Å². The molecule has 0 bridgehead atoms. The molecule has 0 aromatic heterocycles. The molecule has 0 spiro atoms. The second kappa shape index (κ2) is 7.11. The molecule has 0 saturated heterocycles. The Morgan fingerprint density at radius 1 is 1.29 bits per heavy atom. The fraction of sp³-hybridized carbons (Fsp3) is 0.500. The number of carbonyl (C=O) groups excluding carboxylic acids is 1. The highest BCUT2D eigenvalue weighted by Crippen LogP contribution is 2.27. The predicted molar refractivity (Wildman–Crippen MR) is 84.0 cm³/mol. The van der Waals surface area contributed by atoms with Gasteiger partial charge in [0.1, 0.15) is 0 Å². The van der Waals surface area contributed by atoms with Crippen molar-refractivity contribution >= 4 is 41.6 Å². The van der Waals surface area contributed by atoms with E-state index in [1.807, 2.05) is 0 Å². The van der Waals surface area contributed by atoms with Crippen molar-refractivity contribution in [2.45, 2.75) is 37.0 Å². The summed E-state index contributed by atoms with van der Waals surface area (Å²) in [5.74, 6) is -0.107. The van der Waals surface area contributed by atoms with Crippen LogP contribution in [0.1, 0.15) is 42.5 Å². The van der Waals surface area contributed by atoms with Crippen LogP contribution in [0.3, 0.4) is 0 Å². The highest BCUT2D eigenvalue weighted by molar-refractivity contribution is 9.10. The fourth-order valence-electron chi connectivity index (χ4n) is 2.45. The summed E-state index contributed by atoms with van der Waals surface area (Å²) in [6.45, 7) is 0.387. The first-order valence-corrected chi connectivity index (χ1v) is 9.89. The lowest BCUT2D eigenvalue weighted by atomic mass is 9.90. The Hall–Kier alpha value is -0.590. The third-order valence-corrected chi connectivity index (χ3v) is 5.92. The van der Waals surface area contributed by atoms with Gasteiger partial charge in [0.25, 0.3) is 9.05 Å². The van der Waals surface area contributed by atoms with Crippen LogP contribution in [-0.2, 0) is 13.8 Å². The molecule has 4 nitrogen and oxygen atoms in total. The molecule has 0 aliphatic heterocycles. The number of rotatable bonds is 4. The van der Waals surface area contributed by atoms with Crippen molar-refractivity contribution in [1.82, 2.24) is 0 Å². The van der Waals surface area contributed by atoms with Crippen molar-refractivity contribution < 1.29 is 17.9 Å². The summed E-state index contributed by atoms with van der Waals surface area (Å²) in [5, 5.41) is 0. The molecular weight excluding hydrogens is 380 g/mol. The van der Waals surface area contributed by atoms with Gasteiger partial charge in [0.15, 0.2) is 0 Å². The lowest BCUT2D eigenvalue weighted by molar-refractivity contribution is 0.0410. The monoisotopic (exact) mass is 394 g/mol. The lowest BCUT2D eigenvalue weighted by Crippen LogP contribution is -2.17. The number of benzene rings is 1. The molecule has 1 aliphatic carbocycles. The van der Waals surface area contributed by atoms with Crippen molar-refractivity contribution in [3.8, 4) is 0 Å². The van der Waals surface area contributed by atoms with E-state index in [1.54, 1.807) is 0 Å². The second-order valence-corrected chi connectivity index (χ2v) is 8.57. The van der Waals surface area contributed by atoms with Crippen LogP contribution in [0.25, 0.3) is 0 Å². The third-order valence-electron chi connectivity index (χ3n) is 3.60. The normalized spacial score (nSPS) is 16.7. The van der Waals surface area contributed by atoms with Crippen LogP contribution in [0.5, 0.6) is 0 Å². The van der Waals surface area contributed by atoms with E-state index in [-0.39, 0.29) is 10.5 Å². The van der Waals surface area contributed by atoms with Gasteiger partial charge in [-0.25, -0.2) is 13.2 Å². The average Bonchev–Trinajstić information content (AvgIpc) is 2.45. The van der Waals surface area contributed by atoms with Crippen molar-refractivity contribution in [2.75, 3.05) is 6.61 Å². The van der Waals surface area contributed by atoms with Crippen LogP contribution >= 0.6 is 26.6 Å². The summed E-state index contributed by atoms with van der Waals surface area (Å²) < 4.78 is 28.4. The van der Waals surface area contributed by atoms with Gasteiger partial charge in [0.2, 0.25) is 0 Å². The standard InChI is InChI=1S/C14H16BrClO4S/c15-12-7-6-11(8-13(12)21(16,18)19)14(17)20-9-10-4-2-1-3-5-10/h6-8,10H,1-5,9H2. The van der Waals surface area contributed by atoms with Crippen molar-refractivity contribution in [3.05, 3.63) is 28.2 Å².